The van der Waals surface area contributed by atoms with Gasteiger partial charge in [-0.05, 0) is 44.4 Å². The highest BCUT2D eigenvalue weighted by atomic mass is 16.5. The van der Waals surface area contributed by atoms with Crippen molar-refractivity contribution in [2.24, 2.45) is 5.92 Å². The molecule has 0 bridgehead atoms. The molecule has 1 saturated heterocycles. The average molecular weight is 348 g/mol. The Morgan fingerprint density at radius 3 is 2.92 bits per heavy atom. The summed E-state index contributed by atoms with van der Waals surface area (Å²) in [6, 6.07) is 5.93. The third-order valence-electron chi connectivity index (χ3n) is 4.50. The maximum absolute atomic E-state index is 11.9. The van der Waals surface area contributed by atoms with Gasteiger partial charge in [-0.3, -0.25) is 4.79 Å². The van der Waals surface area contributed by atoms with Crippen LogP contribution in [0.2, 0.25) is 0 Å². The van der Waals surface area contributed by atoms with E-state index in [-0.39, 0.29) is 11.9 Å². The SMILES string of the molecule is C/C=C/c1ccc(OCC[NH+]2CCC[C@@H](C(=O)OCC)C2)c(OC)c1. The number of rotatable bonds is 8. The van der Waals surface area contributed by atoms with E-state index < -0.39 is 0 Å². The summed E-state index contributed by atoms with van der Waals surface area (Å²) < 4.78 is 16.5. The third-order valence-corrected chi connectivity index (χ3v) is 4.50. The molecule has 5 heteroatoms. The van der Waals surface area contributed by atoms with E-state index in [1.165, 1.54) is 4.90 Å². The molecule has 1 aromatic carbocycles. The van der Waals surface area contributed by atoms with E-state index in [0.29, 0.717) is 13.2 Å². The van der Waals surface area contributed by atoms with Crippen molar-refractivity contribution in [2.45, 2.75) is 26.7 Å². The number of carbonyl (C=O) groups is 1. The fourth-order valence-corrected chi connectivity index (χ4v) is 3.24. The lowest BCUT2D eigenvalue weighted by Gasteiger charge is -2.28. The predicted molar refractivity (Wildman–Crippen MR) is 98.1 cm³/mol. The quantitative estimate of drug-likeness (QED) is 0.730. The van der Waals surface area contributed by atoms with Crippen LogP contribution in [0.3, 0.4) is 0 Å². The lowest BCUT2D eigenvalue weighted by molar-refractivity contribution is -0.907. The van der Waals surface area contributed by atoms with Gasteiger partial charge in [-0.15, -0.1) is 0 Å². The minimum absolute atomic E-state index is 0.0263. The van der Waals surface area contributed by atoms with E-state index in [1.54, 1.807) is 7.11 Å². The van der Waals surface area contributed by atoms with E-state index in [4.69, 9.17) is 14.2 Å². The van der Waals surface area contributed by atoms with Gasteiger partial charge in [0.1, 0.15) is 19.1 Å². The van der Waals surface area contributed by atoms with Gasteiger partial charge >= 0.3 is 5.97 Å². The van der Waals surface area contributed by atoms with Gasteiger partial charge in [0.15, 0.2) is 11.5 Å². The first-order chi connectivity index (χ1) is 12.2. The van der Waals surface area contributed by atoms with Crippen LogP contribution < -0.4 is 14.4 Å². The number of hydrogen-bond acceptors (Lipinski definition) is 4. The molecule has 5 nitrogen and oxygen atoms in total. The second-order valence-corrected chi connectivity index (χ2v) is 6.30. The molecule has 2 atom stereocenters. The number of methoxy groups -OCH3 is 1. The van der Waals surface area contributed by atoms with Crippen LogP contribution in [0.4, 0.5) is 0 Å². The molecule has 25 heavy (non-hydrogen) atoms. The predicted octanol–water partition coefficient (Wildman–Crippen LogP) is 1.97. The molecule has 1 aromatic rings. The Bertz CT molecular complexity index is 585. The normalized spacial score (nSPS) is 20.4. The Kier molecular flexibility index (Phi) is 7.79. The van der Waals surface area contributed by atoms with Gasteiger partial charge in [-0.2, -0.15) is 0 Å². The second kappa shape index (κ2) is 10.1. The molecular formula is C20H30NO4+. The van der Waals surface area contributed by atoms with Crippen molar-refractivity contribution >= 4 is 12.0 Å². The minimum atomic E-state index is -0.0538. The maximum Gasteiger partial charge on any atom is 0.314 e. The van der Waals surface area contributed by atoms with Gasteiger partial charge in [0.25, 0.3) is 0 Å². The van der Waals surface area contributed by atoms with Crippen LogP contribution >= 0.6 is 0 Å². The molecular weight excluding hydrogens is 318 g/mol. The molecule has 0 spiro atoms. The Balaban J connectivity index is 1.84. The molecule has 0 aliphatic carbocycles. The fourth-order valence-electron chi connectivity index (χ4n) is 3.24. The largest absolute Gasteiger partial charge is 0.493 e. The highest BCUT2D eigenvalue weighted by molar-refractivity contribution is 5.72. The van der Waals surface area contributed by atoms with E-state index in [0.717, 1.165) is 49.5 Å². The summed E-state index contributed by atoms with van der Waals surface area (Å²) in [6.45, 7) is 7.68. The zero-order chi connectivity index (χ0) is 18.1. The lowest BCUT2D eigenvalue weighted by Crippen LogP contribution is -3.14. The van der Waals surface area contributed by atoms with E-state index in [9.17, 15) is 4.79 Å². The van der Waals surface area contributed by atoms with Gasteiger partial charge in [0, 0.05) is 0 Å². The number of esters is 1. The van der Waals surface area contributed by atoms with Gasteiger partial charge in [-0.1, -0.05) is 18.2 Å². The molecule has 0 saturated carbocycles. The first-order valence-electron chi connectivity index (χ1n) is 9.11. The van der Waals surface area contributed by atoms with Crippen molar-refractivity contribution in [2.75, 3.05) is 40.0 Å². The zero-order valence-corrected chi connectivity index (χ0v) is 15.5. The molecule has 0 radical (unpaired) electrons. The second-order valence-electron chi connectivity index (χ2n) is 6.30. The third kappa shape index (κ3) is 5.78. The molecule has 1 unspecified atom stereocenters. The van der Waals surface area contributed by atoms with Crippen molar-refractivity contribution in [1.82, 2.24) is 0 Å². The standard InChI is InChI=1S/C20H29NO4/c1-4-7-16-9-10-18(19(14-16)23-3)25-13-12-21-11-6-8-17(15-21)20(22)24-5-2/h4,7,9-10,14,17H,5-6,8,11-13,15H2,1-3H3/p+1/b7-4+/t17-/m1/s1. The summed E-state index contributed by atoms with van der Waals surface area (Å²) in [4.78, 5) is 13.3. The van der Waals surface area contributed by atoms with Crippen molar-refractivity contribution in [1.29, 1.82) is 0 Å². The number of allylic oxidation sites excluding steroid dienone is 1. The Morgan fingerprint density at radius 2 is 2.20 bits per heavy atom. The van der Waals surface area contributed by atoms with E-state index in [1.807, 2.05) is 44.2 Å². The molecule has 1 heterocycles. The monoisotopic (exact) mass is 348 g/mol. The van der Waals surface area contributed by atoms with Crippen molar-refractivity contribution in [3.8, 4) is 11.5 Å². The van der Waals surface area contributed by atoms with Crippen LogP contribution in [0.25, 0.3) is 6.08 Å². The number of quaternary nitrogens is 1. The van der Waals surface area contributed by atoms with Gasteiger partial charge in [0.2, 0.25) is 0 Å². The highest BCUT2D eigenvalue weighted by Gasteiger charge is 2.29. The van der Waals surface area contributed by atoms with E-state index >= 15 is 0 Å². The zero-order valence-electron chi connectivity index (χ0n) is 15.5. The number of benzene rings is 1. The van der Waals surface area contributed by atoms with Crippen LogP contribution in [0.15, 0.2) is 24.3 Å². The Hall–Kier alpha value is -2.01. The molecule has 1 aliphatic rings. The van der Waals surface area contributed by atoms with Crippen molar-refractivity contribution < 1.29 is 23.9 Å². The molecule has 138 valence electrons. The summed E-state index contributed by atoms with van der Waals surface area (Å²) in [5.74, 6) is 1.47. The first-order valence-corrected chi connectivity index (χ1v) is 9.11. The van der Waals surface area contributed by atoms with Crippen molar-refractivity contribution in [3.63, 3.8) is 0 Å². The molecule has 1 aliphatic heterocycles. The van der Waals surface area contributed by atoms with Crippen LogP contribution in [-0.2, 0) is 9.53 Å². The number of piperidine rings is 1. The van der Waals surface area contributed by atoms with Crippen LogP contribution in [0.5, 0.6) is 11.5 Å². The molecule has 1 N–H and O–H groups in total. The maximum atomic E-state index is 11.9. The minimum Gasteiger partial charge on any atom is -0.493 e. The Morgan fingerprint density at radius 1 is 1.36 bits per heavy atom. The Labute approximate surface area is 150 Å². The summed E-state index contributed by atoms with van der Waals surface area (Å²) >= 11 is 0. The lowest BCUT2D eigenvalue weighted by atomic mass is 9.98. The number of hydrogen-bond donors (Lipinski definition) is 1. The number of carbonyl (C=O) groups excluding carboxylic acids is 1. The number of ether oxygens (including phenoxy) is 3. The van der Waals surface area contributed by atoms with Gasteiger partial charge in [-0.25, -0.2) is 0 Å². The smallest absolute Gasteiger partial charge is 0.314 e. The highest BCUT2D eigenvalue weighted by Crippen LogP contribution is 2.28. The van der Waals surface area contributed by atoms with Gasteiger partial charge in [0.05, 0.1) is 26.8 Å². The molecule has 2 rings (SSSR count). The summed E-state index contributed by atoms with van der Waals surface area (Å²) in [6.07, 6.45) is 6.01. The number of nitrogens with one attached hydrogen (secondary N) is 1. The van der Waals surface area contributed by atoms with Crippen molar-refractivity contribution in [3.05, 3.63) is 29.8 Å². The van der Waals surface area contributed by atoms with Gasteiger partial charge < -0.3 is 19.1 Å². The summed E-state index contributed by atoms with van der Waals surface area (Å²) in [7, 11) is 1.65. The fraction of sp³-hybridized carbons (Fsp3) is 0.550. The van der Waals surface area contributed by atoms with E-state index in [2.05, 4.69) is 0 Å². The topological polar surface area (TPSA) is 49.2 Å². The van der Waals surface area contributed by atoms with Crippen LogP contribution in [-0.4, -0.2) is 45.9 Å². The summed E-state index contributed by atoms with van der Waals surface area (Å²) in [5, 5.41) is 0. The first kappa shape index (κ1) is 19.3. The van der Waals surface area contributed by atoms with Crippen LogP contribution in [0.1, 0.15) is 32.3 Å². The summed E-state index contributed by atoms with van der Waals surface area (Å²) in [5.41, 5.74) is 1.09. The number of likely N-dealkylation sites (tertiary alicyclic amines) is 1. The molecule has 0 amide bonds. The average Bonchev–Trinajstić information content (AvgIpc) is 2.63. The van der Waals surface area contributed by atoms with Crippen LogP contribution in [0, 0.1) is 5.92 Å². The molecule has 0 aromatic heterocycles. The molecule has 1 fully saturated rings.